The molecule has 1 aliphatic heterocycles. The van der Waals surface area contributed by atoms with E-state index in [4.69, 9.17) is 0 Å². The molecule has 134 valence electrons. The van der Waals surface area contributed by atoms with E-state index < -0.39 is 40.7 Å². The van der Waals surface area contributed by atoms with Crippen molar-refractivity contribution in [1.29, 1.82) is 0 Å². The Morgan fingerprint density at radius 2 is 1.46 bits per heavy atom. The summed E-state index contributed by atoms with van der Waals surface area (Å²) in [5.41, 5.74) is -1.53. The second kappa shape index (κ2) is 7.97. The number of esters is 3. The van der Waals surface area contributed by atoms with Gasteiger partial charge in [0.05, 0.1) is 37.6 Å². The molecule has 0 N–H and O–H groups in total. The van der Waals surface area contributed by atoms with Crippen LogP contribution in [0.2, 0.25) is 0 Å². The molecule has 0 spiro atoms. The van der Waals surface area contributed by atoms with E-state index >= 15 is 0 Å². The number of carbonyl (C=O) groups excluding carboxylic acids is 4. The third-order valence-corrected chi connectivity index (χ3v) is 3.30. The number of methoxy groups -OCH3 is 3. The number of nitrogens with zero attached hydrogens (tertiary/aromatic N) is 2. The summed E-state index contributed by atoms with van der Waals surface area (Å²) in [7, 11) is 3.18. The summed E-state index contributed by atoms with van der Waals surface area (Å²) in [6, 6.07) is 6.46. The van der Waals surface area contributed by atoms with Crippen LogP contribution in [0, 0.1) is 0 Å². The van der Waals surface area contributed by atoms with Crippen molar-refractivity contribution in [3.63, 3.8) is 0 Å². The Kier molecular flexibility index (Phi) is 5.74. The summed E-state index contributed by atoms with van der Waals surface area (Å²) in [6.45, 7) is 0. The van der Waals surface area contributed by atoms with Crippen molar-refractivity contribution < 1.29 is 33.4 Å². The van der Waals surface area contributed by atoms with Crippen LogP contribution >= 0.6 is 0 Å². The van der Waals surface area contributed by atoms with Gasteiger partial charge in [-0.3, -0.25) is 4.79 Å². The molecule has 2 rings (SSSR count). The van der Waals surface area contributed by atoms with Gasteiger partial charge in [0.2, 0.25) is 0 Å². The van der Waals surface area contributed by atoms with Gasteiger partial charge in [0, 0.05) is 6.08 Å². The summed E-state index contributed by atoms with van der Waals surface area (Å²) in [4.78, 5) is 56.3. The molecule has 1 aromatic carbocycles. The molecule has 9 heteroatoms. The zero-order valence-corrected chi connectivity index (χ0v) is 14.1. The quantitative estimate of drug-likeness (QED) is 0.391. The minimum Gasteiger partial charge on any atom is -0.466 e. The van der Waals surface area contributed by atoms with Gasteiger partial charge in [0.25, 0.3) is 5.91 Å². The first-order valence-corrected chi connectivity index (χ1v) is 7.20. The maximum Gasteiger partial charge on any atom is 0.341 e. The van der Waals surface area contributed by atoms with Crippen molar-refractivity contribution >= 4 is 23.8 Å². The first kappa shape index (κ1) is 18.7. The molecule has 1 aliphatic rings. The Labute approximate surface area is 147 Å². The molecular formula is C17H14N2O7. The lowest BCUT2D eigenvalue weighted by Crippen LogP contribution is -2.32. The van der Waals surface area contributed by atoms with Gasteiger partial charge in [-0.05, 0) is 12.1 Å². The van der Waals surface area contributed by atoms with E-state index in [1.54, 1.807) is 24.3 Å². The molecule has 0 aromatic heterocycles. The van der Waals surface area contributed by atoms with E-state index in [-0.39, 0.29) is 0 Å². The van der Waals surface area contributed by atoms with Crippen LogP contribution in [0.4, 0.5) is 0 Å². The fourth-order valence-electron chi connectivity index (χ4n) is 2.10. The molecule has 0 aliphatic carbocycles. The number of ether oxygens (including phenoxy) is 3. The van der Waals surface area contributed by atoms with E-state index in [9.17, 15) is 19.2 Å². The molecule has 0 unspecified atom stereocenters. The third-order valence-electron chi connectivity index (χ3n) is 3.30. The van der Waals surface area contributed by atoms with Crippen LogP contribution in [0.15, 0.2) is 57.2 Å². The predicted octanol–water partition coefficient (Wildman–Crippen LogP) is -0.834. The van der Waals surface area contributed by atoms with E-state index in [0.717, 1.165) is 21.3 Å². The lowest BCUT2D eigenvalue weighted by molar-refractivity contribution is -0.140. The first-order valence-electron chi connectivity index (χ1n) is 7.20. The van der Waals surface area contributed by atoms with Gasteiger partial charge in [-0.15, -0.1) is 0 Å². The summed E-state index contributed by atoms with van der Waals surface area (Å²) in [5.74, 6) is -3.92. The molecule has 0 bridgehead atoms. The van der Waals surface area contributed by atoms with E-state index in [2.05, 4.69) is 24.2 Å². The molecule has 1 amide bonds. The number of benzene rings is 1. The van der Waals surface area contributed by atoms with Crippen molar-refractivity contribution in [3.8, 4) is 0 Å². The summed E-state index contributed by atoms with van der Waals surface area (Å²) in [6.07, 6.45) is 0.717. The van der Waals surface area contributed by atoms with Crippen molar-refractivity contribution in [2.24, 2.45) is 9.98 Å². The Balaban J connectivity index is 2.84. The van der Waals surface area contributed by atoms with E-state index in [1.807, 2.05) is 0 Å². The Bertz CT molecular complexity index is 973. The minimum absolute atomic E-state index is 0.307. The summed E-state index contributed by atoms with van der Waals surface area (Å²) in [5, 5.41) is 0.618. The molecular weight excluding hydrogens is 344 g/mol. The molecule has 1 heterocycles. The molecule has 26 heavy (non-hydrogen) atoms. The second-order valence-corrected chi connectivity index (χ2v) is 4.81. The van der Waals surface area contributed by atoms with Crippen LogP contribution in [0.25, 0.3) is 0 Å². The van der Waals surface area contributed by atoms with Crippen LogP contribution in [-0.4, -0.2) is 45.1 Å². The van der Waals surface area contributed by atoms with Crippen molar-refractivity contribution in [2.45, 2.75) is 0 Å². The predicted molar refractivity (Wildman–Crippen MR) is 84.9 cm³/mol. The standard InChI is InChI=1S/C17H14N2O7/c1-24-12(20)8-9(16(22)25-2)13(17(23)26-3)14-15(21)19-11-7-5-4-6-10(11)18-14/h4-8H,1-3H3/b9-8-,14-13+. The van der Waals surface area contributed by atoms with Crippen molar-refractivity contribution in [2.75, 3.05) is 21.3 Å². The second-order valence-electron chi connectivity index (χ2n) is 4.81. The zero-order valence-electron chi connectivity index (χ0n) is 14.1. The monoisotopic (exact) mass is 358 g/mol. The number of amides is 1. The van der Waals surface area contributed by atoms with Gasteiger partial charge in [0.1, 0.15) is 11.3 Å². The lowest BCUT2D eigenvalue weighted by atomic mass is 10.0. The van der Waals surface area contributed by atoms with Crippen molar-refractivity contribution in [1.82, 2.24) is 0 Å². The number of fused-ring (bicyclic) bond motifs is 1. The summed E-state index contributed by atoms with van der Waals surface area (Å²) < 4.78 is 13.7. The fourth-order valence-corrected chi connectivity index (χ4v) is 2.10. The first-order chi connectivity index (χ1) is 12.4. The van der Waals surface area contributed by atoms with Crippen LogP contribution in [-0.2, 0) is 33.4 Å². The highest BCUT2D eigenvalue weighted by Crippen LogP contribution is 2.21. The Hall–Kier alpha value is -3.62. The molecule has 0 saturated heterocycles. The number of hydrogen-bond donors (Lipinski definition) is 0. The number of rotatable bonds is 4. The number of hydrogen-bond acceptors (Lipinski definition) is 8. The van der Waals surface area contributed by atoms with E-state index in [0.29, 0.717) is 16.8 Å². The minimum atomic E-state index is -1.06. The third kappa shape index (κ3) is 3.72. The average Bonchev–Trinajstić information content (AvgIpc) is 2.66. The highest BCUT2D eigenvalue weighted by molar-refractivity contribution is 6.14. The molecule has 0 radical (unpaired) electrons. The number of para-hydroxylation sites is 2. The van der Waals surface area contributed by atoms with Gasteiger partial charge in [-0.2, -0.15) is 0 Å². The fraction of sp³-hybridized carbons (Fsp3) is 0.176. The maximum absolute atomic E-state index is 12.4. The van der Waals surface area contributed by atoms with Crippen LogP contribution < -0.4 is 10.7 Å². The molecule has 0 saturated carbocycles. The Morgan fingerprint density at radius 3 is 2.00 bits per heavy atom. The van der Waals surface area contributed by atoms with Crippen LogP contribution in [0.5, 0.6) is 0 Å². The Morgan fingerprint density at radius 1 is 0.885 bits per heavy atom. The molecule has 0 fully saturated rings. The smallest absolute Gasteiger partial charge is 0.341 e. The molecule has 0 atom stereocenters. The van der Waals surface area contributed by atoms with E-state index in [1.165, 1.54) is 0 Å². The topological polar surface area (TPSA) is 121 Å². The van der Waals surface area contributed by atoms with Gasteiger partial charge >= 0.3 is 17.9 Å². The van der Waals surface area contributed by atoms with Gasteiger partial charge in [0.15, 0.2) is 0 Å². The SMILES string of the molecule is COC(=O)/C=C(C(=O)OC)/C(C(=O)OC)=C1\N=c2ccccc2=NC1=O. The molecule has 9 nitrogen and oxygen atoms in total. The average molecular weight is 358 g/mol. The summed E-state index contributed by atoms with van der Waals surface area (Å²) >= 11 is 0. The largest absolute Gasteiger partial charge is 0.466 e. The van der Waals surface area contributed by atoms with Gasteiger partial charge in [-0.1, -0.05) is 12.1 Å². The zero-order chi connectivity index (χ0) is 19.3. The molecule has 1 aromatic rings. The van der Waals surface area contributed by atoms with Crippen molar-refractivity contribution in [3.05, 3.63) is 57.9 Å². The number of carbonyl (C=O) groups is 4. The lowest BCUT2D eigenvalue weighted by Gasteiger charge is -2.12. The highest BCUT2D eigenvalue weighted by atomic mass is 16.5. The highest BCUT2D eigenvalue weighted by Gasteiger charge is 2.31. The van der Waals surface area contributed by atoms with Crippen LogP contribution in [0.1, 0.15) is 0 Å². The normalized spacial score (nSPS) is 15.0. The van der Waals surface area contributed by atoms with Crippen LogP contribution in [0.3, 0.4) is 0 Å². The van der Waals surface area contributed by atoms with Gasteiger partial charge in [-0.25, -0.2) is 24.4 Å². The maximum atomic E-state index is 12.4. The van der Waals surface area contributed by atoms with Gasteiger partial charge < -0.3 is 14.2 Å².